The van der Waals surface area contributed by atoms with Gasteiger partial charge in [-0.1, -0.05) is 24.3 Å². The van der Waals surface area contributed by atoms with E-state index in [4.69, 9.17) is 0 Å². The van der Waals surface area contributed by atoms with Gasteiger partial charge in [0.15, 0.2) is 5.78 Å². The van der Waals surface area contributed by atoms with Gasteiger partial charge in [-0.05, 0) is 43.7 Å². The van der Waals surface area contributed by atoms with Crippen LogP contribution in [0.25, 0.3) is 0 Å². The normalized spacial score (nSPS) is 17.4. The van der Waals surface area contributed by atoms with Gasteiger partial charge < -0.3 is 4.90 Å². The van der Waals surface area contributed by atoms with Gasteiger partial charge in [-0.15, -0.1) is 11.3 Å². The summed E-state index contributed by atoms with van der Waals surface area (Å²) in [5, 5.41) is 0. The van der Waals surface area contributed by atoms with Crippen LogP contribution in [0.5, 0.6) is 0 Å². The first-order valence-electron chi connectivity index (χ1n) is 8.09. The van der Waals surface area contributed by atoms with Crippen molar-refractivity contribution in [2.24, 2.45) is 0 Å². The van der Waals surface area contributed by atoms with E-state index in [0.29, 0.717) is 22.3 Å². The summed E-state index contributed by atoms with van der Waals surface area (Å²) < 4.78 is 0. The van der Waals surface area contributed by atoms with E-state index in [1.54, 1.807) is 17.0 Å². The second kappa shape index (κ2) is 6.87. The SMILES string of the molecule is CC(=O)c1ccc(C(=O)N(C)C[C@H]2Cc3ccccc3CN2C)s1. The van der Waals surface area contributed by atoms with E-state index in [-0.39, 0.29) is 11.7 Å². The monoisotopic (exact) mass is 342 g/mol. The lowest BCUT2D eigenvalue weighted by molar-refractivity contribution is 0.0738. The highest BCUT2D eigenvalue weighted by atomic mass is 32.1. The van der Waals surface area contributed by atoms with Gasteiger partial charge in [-0.2, -0.15) is 0 Å². The Morgan fingerprint density at radius 3 is 2.50 bits per heavy atom. The lowest BCUT2D eigenvalue weighted by Gasteiger charge is -2.36. The third kappa shape index (κ3) is 3.42. The first-order valence-corrected chi connectivity index (χ1v) is 8.90. The zero-order valence-corrected chi connectivity index (χ0v) is 15.1. The Kier molecular flexibility index (Phi) is 4.83. The first kappa shape index (κ1) is 16.9. The minimum absolute atomic E-state index is 0.00493. The van der Waals surface area contributed by atoms with Crippen LogP contribution in [0, 0.1) is 0 Å². The Balaban J connectivity index is 1.69. The average Bonchev–Trinajstić information content (AvgIpc) is 3.05. The summed E-state index contributed by atoms with van der Waals surface area (Å²) >= 11 is 1.27. The Morgan fingerprint density at radius 2 is 1.83 bits per heavy atom. The molecule has 1 amide bonds. The number of benzene rings is 1. The largest absolute Gasteiger partial charge is 0.339 e. The summed E-state index contributed by atoms with van der Waals surface area (Å²) in [6.45, 7) is 3.12. The van der Waals surface area contributed by atoms with Crippen LogP contribution in [0.1, 0.15) is 37.4 Å². The Bertz CT molecular complexity index is 768. The van der Waals surface area contributed by atoms with Crippen molar-refractivity contribution in [3.8, 4) is 0 Å². The van der Waals surface area contributed by atoms with Gasteiger partial charge in [0.05, 0.1) is 9.75 Å². The van der Waals surface area contributed by atoms with Crippen LogP contribution in [-0.2, 0) is 13.0 Å². The summed E-state index contributed by atoms with van der Waals surface area (Å²) in [6, 6.07) is 12.3. The van der Waals surface area contributed by atoms with Crippen molar-refractivity contribution in [3.05, 3.63) is 57.3 Å². The zero-order valence-electron chi connectivity index (χ0n) is 14.3. The molecule has 1 aliphatic heterocycles. The third-order valence-corrected chi connectivity index (χ3v) is 5.79. The zero-order chi connectivity index (χ0) is 17.3. The molecule has 0 radical (unpaired) electrons. The molecule has 126 valence electrons. The molecule has 0 fully saturated rings. The van der Waals surface area contributed by atoms with Crippen molar-refractivity contribution in [3.63, 3.8) is 0 Å². The molecular weight excluding hydrogens is 320 g/mol. The number of carbonyl (C=O) groups excluding carboxylic acids is 2. The van der Waals surface area contributed by atoms with Crippen LogP contribution in [0.4, 0.5) is 0 Å². The molecule has 2 aromatic rings. The summed E-state index contributed by atoms with van der Waals surface area (Å²) in [5.41, 5.74) is 2.74. The highest BCUT2D eigenvalue weighted by Gasteiger charge is 2.26. The number of ketones is 1. The molecule has 2 heterocycles. The number of nitrogens with zero attached hydrogens (tertiary/aromatic N) is 2. The fourth-order valence-electron chi connectivity index (χ4n) is 3.15. The Labute approximate surface area is 146 Å². The highest BCUT2D eigenvalue weighted by Crippen LogP contribution is 2.23. The van der Waals surface area contributed by atoms with Gasteiger partial charge >= 0.3 is 0 Å². The highest BCUT2D eigenvalue weighted by molar-refractivity contribution is 7.15. The van der Waals surface area contributed by atoms with E-state index in [2.05, 4.69) is 36.2 Å². The molecule has 1 atom stereocenters. The van der Waals surface area contributed by atoms with Crippen molar-refractivity contribution in [2.75, 3.05) is 20.6 Å². The molecule has 1 aromatic heterocycles. The van der Waals surface area contributed by atoms with Crippen molar-refractivity contribution in [2.45, 2.75) is 25.9 Å². The lowest BCUT2D eigenvalue weighted by atomic mass is 9.94. The predicted molar refractivity (Wildman–Crippen MR) is 96.7 cm³/mol. The van der Waals surface area contributed by atoms with Crippen LogP contribution < -0.4 is 0 Å². The van der Waals surface area contributed by atoms with Gasteiger partial charge in [-0.3, -0.25) is 14.5 Å². The van der Waals surface area contributed by atoms with E-state index < -0.39 is 0 Å². The van der Waals surface area contributed by atoms with Crippen LogP contribution >= 0.6 is 11.3 Å². The number of amides is 1. The molecule has 24 heavy (non-hydrogen) atoms. The van der Waals surface area contributed by atoms with E-state index in [0.717, 1.165) is 13.0 Å². The number of Topliss-reactive ketones (excluding diaryl/α,β-unsaturated/α-hetero) is 1. The molecule has 0 N–H and O–H groups in total. The second-order valence-corrected chi connectivity index (χ2v) is 7.53. The molecule has 0 bridgehead atoms. The van der Waals surface area contributed by atoms with Gasteiger partial charge in [0, 0.05) is 26.2 Å². The average molecular weight is 342 g/mol. The Hall–Kier alpha value is -1.98. The standard InChI is InChI=1S/C19H22N2O2S/c1-13(22)17-8-9-18(24-17)19(23)21(3)12-16-10-14-6-4-5-7-15(14)11-20(16)2/h4-9,16H,10-12H2,1-3H3/t16-/m1/s1. The molecule has 5 heteroatoms. The number of likely N-dealkylation sites (N-methyl/N-ethyl adjacent to an activating group) is 2. The van der Waals surface area contributed by atoms with Gasteiger partial charge in [0.2, 0.25) is 0 Å². The van der Waals surface area contributed by atoms with Crippen LogP contribution in [0.2, 0.25) is 0 Å². The summed E-state index contributed by atoms with van der Waals surface area (Å²) in [5.74, 6) is -0.00918. The molecule has 0 saturated heterocycles. The molecule has 1 aliphatic rings. The van der Waals surface area contributed by atoms with Crippen molar-refractivity contribution in [1.82, 2.24) is 9.80 Å². The lowest BCUT2D eigenvalue weighted by Crippen LogP contribution is -2.46. The second-order valence-electron chi connectivity index (χ2n) is 6.45. The maximum absolute atomic E-state index is 12.6. The number of rotatable bonds is 4. The smallest absolute Gasteiger partial charge is 0.263 e. The maximum atomic E-state index is 12.6. The summed E-state index contributed by atoms with van der Waals surface area (Å²) in [7, 11) is 3.95. The fourth-order valence-corrected chi connectivity index (χ4v) is 4.05. The minimum atomic E-state index is -0.0141. The molecule has 0 unspecified atom stereocenters. The van der Waals surface area contributed by atoms with Crippen molar-refractivity contribution >= 4 is 23.0 Å². The van der Waals surface area contributed by atoms with Gasteiger partial charge in [-0.25, -0.2) is 0 Å². The van der Waals surface area contributed by atoms with E-state index >= 15 is 0 Å². The number of thiophene rings is 1. The van der Waals surface area contributed by atoms with E-state index in [9.17, 15) is 9.59 Å². The van der Waals surface area contributed by atoms with Crippen LogP contribution in [0.15, 0.2) is 36.4 Å². The van der Waals surface area contributed by atoms with Crippen molar-refractivity contribution in [1.29, 1.82) is 0 Å². The molecule has 0 aliphatic carbocycles. The number of hydrogen-bond donors (Lipinski definition) is 0. The summed E-state index contributed by atoms with van der Waals surface area (Å²) in [6.07, 6.45) is 0.952. The molecule has 0 spiro atoms. The van der Waals surface area contributed by atoms with Gasteiger partial charge in [0.1, 0.15) is 0 Å². The van der Waals surface area contributed by atoms with E-state index in [1.165, 1.54) is 29.4 Å². The molecule has 0 saturated carbocycles. The van der Waals surface area contributed by atoms with Gasteiger partial charge in [0.25, 0.3) is 5.91 Å². The quantitative estimate of drug-likeness (QED) is 0.802. The summed E-state index contributed by atoms with van der Waals surface area (Å²) in [4.78, 5) is 29.4. The fraction of sp³-hybridized carbons (Fsp3) is 0.368. The van der Waals surface area contributed by atoms with Crippen LogP contribution in [0.3, 0.4) is 0 Å². The number of fused-ring (bicyclic) bond motifs is 1. The molecular formula is C19H22N2O2S. The van der Waals surface area contributed by atoms with Crippen molar-refractivity contribution < 1.29 is 9.59 Å². The Morgan fingerprint density at radius 1 is 1.17 bits per heavy atom. The first-order chi connectivity index (χ1) is 11.5. The number of hydrogen-bond acceptors (Lipinski definition) is 4. The van der Waals surface area contributed by atoms with Crippen LogP contribution in [-0.4, -0.2) is 48.2 Å². The predicted octanol–water partition coefficient (Wildman–Crippen LogP) is 3.08. The topological polar surface area (TPSA) is 40.6 Å². The molecule has 3 rings (SSSR count). The van der Waals surface area contributed by atoms with E-state index in [1.807, 2.05) is 7.05 Å². The molecule has 1 aromatic carbocycles. The third-order valence-electron chi connectivity index (χ3n) is 4.61. The maximum Gasteiger partial charge on any atom is 0.263 e. The number of carbonyl (C=O) groups is 2. The molecule has 4 nitrogen and oxygen atoms in total. The minimum Gasteiger partial charge on any atom is -0.339 e.